The summed E-state index contributed by atoms with van der Waals surface area (Å²) in [5.74, 6) is -9.60. The lowest BCUT2D eigenvalue weighted by molar-refractivity contribution is -0.142. The summed E-state index contributed by atoms with van der Waals surface area (Å²) in [7, 11) is 0. The Morgan fingerprint density at radius 1 is 0.592 bits per heavy atom. The lowest BCUT2D eigenvalue weighted by Crippen LogP contribution is -2.60. The first-order chi connectivity index (χ1) is 35.9. The molecule has 8 atom stereocenters. The van der Waals surface area contributed by atoms with Crippen LogP contribution in [0.2, 0.25) is 0 Å². The predicted octanol–water partition coefficient (Wildman–Crippen LogP) is -4.31. The monoisotopic (exact) mass is 1060 g/mol. The first-order valence-electron chi connectivity index (χ1n) is 24.8. The number of primary amides is 2. The number of carbonyl (C=O) groups is 10. The standard InChI is InChI=1S/C49H74N16O11/c1-27(2)22-34(63-45(74)35(23-28-12-5-3-6-13-28)62-41(70)30(50)25-39(67)68)43(72)64-36(24-29-14-7-4-8-15-29)44(73)60-32(17-10-20-58-49(55)56)47(76)65-21-11-18-37(65)46(75)59-31(16-9-19-57-48(53)54)42(71)61-33(40(52)69)26-38(51)66/h3-8,12-15,27,30-37H,9-11,16-26,50H2,1-2H3,(H2,51,66)(H2,52,69)(H,59,75)(H,60,73)(H,61,71)(H,62,70)(H,63,74)(H,64,72)(H,67,68)(H4,53,54,57)(H4,55,56,58)/t30-,31-,32-,33-,34-,35-,36-,37-/m0/s1. The summed E-state index contributed by atoms with van der Waals surface area (Å²) in [5.41, 5.74) is 39.7. The summed E-state index contributed by atoms with van der Waals surface area (Å²) in [6.45, 7) is 3.75. The van der Waals surface area contributed by atoms with E-state index >= 15 is 0 Å². The molecular weight excluding hydrogens is 989 g/mol. The second-order valence-electron chi connectivity index (χ2n) is 18.7. The van der Waals surface area contributed by atoms with Gasteiger partial charge in [-0.1, -0.05) is 74.5 Å². The number of hydrogen-bond acceptors (Lipinski definition) is 13. The van der Waals surface area contributed by atoms with Gasteiger partial charge in [-0.3, -0.25) is 57.9 Å². The Bertz CT molecular complexity index is 2380. The molecule has 416 valence electrons. The van der Waals surface area contributed by atoms with E-state index in [9.17, 15) is 53.1 Å². The number of aliphatic carboxylic acids is 1. The minimum atomic E-state index is -1.50. The van der Waals surface area contributed by atoms with E-state index in [1.54, 1.807) is 74.5 Å². The summed E-state index contributed by atoms with van der Waals surface area (Å²) in [4.78, 5) is 143. The van der Waals surface area contributed by atoms with Crippen LogP contribution < -0.4 is 72.0 Å². The molecule has 0 radical (unpaired) electrons. The molecule has 2 aromatic carbocycles. The molecule has 0 unspecified atom stereocenters. The summed E-state index contributed by atoms with van der Waals surface area (Å²) >= 11 is 0. The van der Waals surface area contributed by atoms with Crippen molar-refractivity contribution < 1.29 is 53.1 Å². The van der Waals surface area contributed by atoms with Gasteiger partial charge in [0.15, 0.2) is 11.9 Å². The number of nitrogens with one attached hydrogen (secondary N) is 6. The minimum Gasteiger partial charge on any atom is -0.481 e. The molecule has 0 bridgehead atoms. The van der Waals surface area contributed by atoms with Gasteiger partial charge in [0.05, 0.1) is 18.9 Å². The van der Waals surface area contributed by atoms with Crippen LogP contribution in [-0.2, 0) is 60.8 Å². The first-order valence-corrected chi connectivity index (χ1v) is 24.8. The van der Waals surface area contributed by atoms with Crippen LogP contribution in [0.1, 0.15) is 82.8 Å². The highest BCUT2D eigenvalue weighted by molar-refractivity contribution is 5.98. The molecule has 2 aromatic rings. The zero-order chi connectivity index (χ0) is 56.5. The third-order valence-corrected chi connectivity index (χ3v) is 11.9. The van der Waals surface area contributed by atoms with Gasteiger partial charge < -0.3 is 82.0 Å². The van der Waals surface area contributed by atoms with Gasteiger partial charge >= 0.3 is 5.97 Å². The molecule has 3 rings (SSSR count). The quantitative estimate of drug-likeness (QED) is 0.0187. The molecule has 27 heteroatoms. The van der Waals surface area contributed by atoms with Gasteiger partial charge in [0.2, 0.25) is 53.2 Å². The smallest absolute Gasteiger partial charge is 0.305 e. The molecule has 21 N–H and O–H groups in total. The van der Waals surface area contributed by atoms with E-state index in [4.69, 9.17) is 40.1 Å². The van der Waals surface area contributed by atoms with Crippen molar-refractivity contribution in [3.63, 3.8) is 0 Å². The Morgan fingerprint density at radius 3 is 1.51 bits per heavy atom. The van der Waals surface area contributed by atoms with Gasteiger partial charge in [0, 0.05) is 32.5 Å². The Kier molecular flexibility index (Phi) is 25.6. The van der Waals surface area contributed by atoms with E-state index in [1.807, 2.05) is 0 Å². The van der Waals surface area contributed by atoms with Crippen molar-refractivity contribution in [2.24, 2.45) is 56.0 Å². The molecular formula is C49H74N16O11. The Balaban J connectivity index is 1.96. The average molecular weight is 1060 g/mol. The van der Waals surface area contributed by atoms with Crippen LogP contribution in [-0.4, -0.2) is 149 Å². The molecule has 9 amide bonds. The molecule has 76 heavy (non-hydrogen) atoms. The minimum absolute atomic E-state index is 0.0442. The molecule has 27 nitrogen and oxygen atoms in total. The number of carboxylic acid groups (broad SMARTS) is 1. The van der Waals surface area contributed by atoms with Crippen molar-refractivity contribution in [3.05, 3.63) is 71.8 Å². The van der Waals surface area contributed by atoms with Gasteiger partial charge in [-0.05, 0) is 62.0 Å². The van der Waals surface area contributed by atoms with Crippen molar-refractivity contribution in [1.29, 1.82) is 0 Å². The first kappa shape index (κ1) is 61.9. The van der Waals surface area contributed by atoms with Gasteiger partial charge in [-0.15, -0.1) is 0 Å². The predicted molar refractivity (Wildman–Crippen MR) is 279 cm³/mol. The van der Waals surface area contributed by atoms with Crippen molar-refractivity contribution >= 4 is 71.1 Å². The van der Waals surface area contributed by atoms with E-state index in [2.05, 4.69) is 41.9 Å². The van der Waals surface area contributed by atoms with Gasteiger partial charge in [0.1, 0.15) is 42.3 Å². The third-order valence-electron chi connectivity index (χ3n) is 11.9. The lowest BCUT2D eigenvalue weighted by Gasteiger charge is -2.31. The zero-order valence-corrected chi connectivity index (χ0v) is 42.8. The molecule has 0 aliphatic carbocycles. The van der Waals surface area contributed by atoms with Gasteiger partial charge in [-0.25, -0.2) is 0 Å². The second kappa shape index (κ2) is 31.4. The van der Waals surface area contributed by atoms with Crippen LogP contribution in [0.25, 0.3) is 0 Å². The van der Waals surface area contributed by atoms with E-state index in [1.165, 1.54) is 4.90 Å². The number of aliphatic imine (C=N–C) groups is 2. The second-order valence-corrected chi connectivity index (χ2v) is 18.7. The number of hydrogen-bond donors (Lipinski definition) is 14. The van der Waals surface area contributed by atoms with Crippen LogP contribution in [0.3, 0.4) is 0 Å². The number of carboxylic acids is 1. The van der Waals surface area contributed by atoms with E-state index in [-0.39, 0.29) is 88.8 Å². The highest BCUT2D eigenvalue weighted by Gasteiger charge is 2.40. The molecule has 1 heterocycles. The maximum Gasteiger partial charge on any atom is 0.305 e. The molecule has 0 spiro atoms. The Hall–Kier alpha value is -8.36. The van der Waals surface area contributed by atoms with Crippen molar-refractivity contribution in [2.45, 2.75) is 133 Å². The van der Waals surface area contributed by atoms with Crippen LogP contribution >= 0.6 is 0 Å². The number of likely N-dealkylation sites (tertiary alicyclic amines) is 1. The molecule has 0 aromatic heterocycles. The summed E-state index contributed by atoms with van der Waals surface area (Å²) < 4.78 is 0. The summed E-state index contributed by atoms with van der Waals surface area (Å²) in [6.07, 6.45) is -0.750. The summed E-state index contributed by atoms with van der Waals surface area (Å²) in [6, 6.07) is 6.44. The fraction of sp³-hybridized carbons (Fsp3) is 0.510. The fourth-order valence-electron chi connectivity index (χ4n) is 8.20. The Labute approximate surface area is 440 Å². The number of nitrogens with two attached hydrogens (primary N) is 7. The van der Waals surface area contributed by atoms with Crippen LogP contribution in [0.4, 0.5) is 0 Å². The topological polar surface area (TPSA) is 473 Å². The van der Waals surface area contributed by atoms with Crippen molar-refractivity contribution in [2.75, 3.05) is 19.6 Å². The normalized spacial score (nSPS) is 15.7. The third kappa shape index (κ3) is 22.0. The van der Waals surface area contributed by atoms with Crippen molar-refractivity contribution in [1.82, 2.24) is 36.8 Å². The molecule has 0 saturated carbocycles. The summed E-state index contributed by atoms with van der Waals surface area (Å²) in [5, 5.41) is 25.0. The number of guanidine groups is 2. The molecule has 1 aliphatic heterocycles. The number of carbonyl (C=O) groups excluding carboxylic acids is 9. The van der Waals surface area contributed by atoms with Gasteiger partial charge in [0.25, 0.3) is 0 Å². The number of amides is 9. The highest BCUT2D eigenvalue weighted by atomic mass is 16.4. The lowest BCUT2D eigenvalue weighted by atomic mass is 9.99. The fourth-order valence-corrected chi connectivity index (χ4v) is 8.20. The largest absolute Gasteiger partial charge is 0.481 e. The average Bonchev–Trinajstić information content (AvgIpc) is 3.85. The maximum absolute atomic E-state index is 14.7. The SMILES string of the molecule is CC(C)C[C@H](NC(=O)[C@H](Cc1ccccc1)NC(=O)[C@@H](N)CC(=O)O)C(=O)N[C@@H](Cc1ccccc1)C(=O)N[C@@H](CCCN=C(N)N)C(=O)N1CCC[C@H]1C(=O)N[C@@H](CCCN=C(N)N)C(=O)N[C@@H](CC(N)=O)C(N)=O. The van der Waals surface area contributed by atoms with Crippen LogP contribution in [0, 0.1) is 5.92 Å². The highest BCUT2D eigenvalue weighted by Crippen LogP contribution is 2.21. The van der Waals surface area contributed by atoms with Crippen LogP contribution in [0.5, 0.6) is 0 Å². The number of rotatable bonds is 32. The maximum atomic E-state index is 14.7. The van der Waals surface area contributed by atoms with Crippen molar-refractivity contribution in [3.8, 4) is 0 Å². The zero-order valence-electron chi connectivity index (χ0n) is 42.8. The van der Waals surface area contributed by atoms with Gasteiger partial charge in [-0.2, -0.15) is 0 Å². The molecule has 1 aliphatic rings. The van der Waals surface area contributed by atoms with E-state index in [0.717, 1.165) is 0 Å². The molecule has 1 saturated heterocycles. The molecule has 1 fully saturated rings. The van der Waals surface area contributed by atoms with E-state index < -0.39 is 120 Å². The van der Waals surface area contributed by atoms with E-state index in [0.29, 0.717) is 17.5 Å². The number of nitrogens with zero attached hydrogens (tertiary/aromatic N) is 3. The Morgan fingerprint density at radius 2 is 1.04 bits per heavy atom. The van der Waals surface area contributed by atoms with Crippen LogP contribution in [0.15, 0.2) is 70.6 Å². The number of benzene rings is 2.